The zero-order chi connectivity index (χ0) is 13.7. The van der Waals surface area contributed by atoms with E-state index < -0.39 is 5.97 Å². The molecule has 1 aromatic carbocycles. The average molecular weight is 323 g/mol. The van der Waals surface area contributed by atoms with E-state index >= 15 is 0 Å². The van der Waals surface area contributed by atoms with Crippen LogP contribution in [0.25, 0.3) is 17.6 Å². The summed E-state index contributed by atoms with van der Waals surface area (Å²) in [6.07, 6.45) is 2.75. The largest absolute Gasteiger partial charge is 0.463 e. The molecule has 98 valence electrons. The highest BCUT2D eigenvalue weighted by Crippen LogP contribution is 2.20. The Morgan fingerprint density at radius 3 is 3.11 bits per heavy atom. The van der Waals surface area contributed by atoms with Gasteiger partial charge in [0.25, 0.3) is 0 Å². The van der Waals surface area contributed by atoms with Gasteiger partial charge in [-0.15, -0.1) is 5.10 Å². The Kier molecular flexibility index (Phi) is 4.40. The topological polar surface area (TPSA) is 69.9 Å². The second-order valence-corrected chi connectivity index (χ2v) is 4.44. The van der Waals surface area contributed by atoms with Crippen LogP contribution in [0.15, 0.2) is 34.8 Å². The van der Waals surface area contributed by atoms with Gasteiger partial charge in [-0.25, -0.2) is 4.79 Å². The van der Waals surface area contributed by atoms with E-state index in [1.807, 2.05) is 24.3 Å². The number of hydrogen-bond acceptors (Lipinski definition) is 5. The molecule has 0 N–H and O–H groups in total. The SMILES string of the molecule is CCOC(=O)/C=C\n1nnnc1-c1cccc(Br)c1. The molecule has 0 atom stereocenters. The average Bonchev–Trinajstić information content (AvgIpc) is 2.85. The first-order chi connectivity index (χ1) is 9.20. The highest BCUT2D eigenvalue weighted by Gasteiger charge is 2.07. The number of ether oxygens (including phenoxy) is 1. The Labute approximate surface area is 118 Å². The number of carbonyl (C=O) groups excluding carboxylic acids is 1. The fraction of sp³-hybridized carbons (Fsp3) is 0.167. The molecule has 0 unspecified atom stereocenters. The molecule has 19 heavy (non-hydrogen) atoms. The third-order valence-corrected chi connectivity index (χ3v) is 2.71. The quantitative estimate of drug-likeness (QED) is 0.637. The van der Waals surface area contributed by atoms with E-state index in [9.17, 15) is 4.79 Å². The lowest BCUT2D eigenvalue weighted by molar-refractivity contribution is -0.137. The van der Waals surface area contributed by atoms with Gasteiger partial charge < -0.3 is 4.74 Å². The molecule has 0 saturated heterocycles. The summed E-state index contributed by atoms with van der Waals surface area (Å²) in [6, 6.07) is 7.56. The predicted octanol–water partition coefficient (Wildman–Crippen LogP) is 2.14. The van der Waals surface area contributed by atoms with Crippen LogP contribution >= 0.6 is 15.9 Å². The molecule has 0 amide bonds. The number of rotatable bonds is 4. The maximum atomic E-state index is 11.2. The fourth-order valence-electron chi connectivity index (χ4n) is 1.43. The van der Waals surface area contributed by atoms with Crippen molar-refractivity contribution in [3.05, 3.63) is 34.8 Å². The lowest BCUT2D eigenvalue weighted by Gasteiger charge is -2.00. The third-order valence-electron chi connectivity index (χ3n) is 2.21. The summed E-state index contributed by atoms with van der Waals surface area (Å²) in [7, 11) is 0. The van der Waals surface area contributed by atoms with E-state index in [-0.39, 0.29) is 0 Å². The molecule has 1 aromatic heterocycles. The minimum absolute atomic E-state index is 0.331. The molecule has 0 bridgehead atoms. The molecule has 2 rings (SSSR count). The molecule has 2 aromatic rings. The molecule has 0 aliphatic rings. The van der Waals surface area contributed by atoms with Crippen molar-refractivity contribution in [1.29, 1.82) is 0 Å². The van der Waals surface area contributed by atoms with E-state index in [1.54, 1.807) is 6.92 Å². The number of benzene rings is 1. The van der Waals surface area contributed by atoms with Gasteiger partial charge in [-0.3, -0.25) is 0 Å². The van der Waals surface area contributed by atoms with Crippen molar-refractivity contribution in [3.63, 3.8) is 0 Å². The second kappa shape index (κ2) is 6.24. The summed E-state index contributed by atoms with van der Waals surface area (Å²) in [6.45, 7) is 2.08. The summed E-state index contributed by atoms with van der Waals surface area (Å²) in [5.41, 5.74) is 0.841. The molecule has 0 aliphatic heterocycles. The molecule has 1 heterocycles. The number of nitrogens with zero attached hydrogens (tertiary/aromatic N) is 4. The molecular formula is C12H11BrN4O2. The number of halogens is 1. The van der Waals surface area contributed by atoms with Gasteiger partial charge in [0.15, 0.2) is 5.82 Å². The van der Waals surface area contributed by atoms with Crippen LogP contribution < -0.4 is 0 Å². The van der Waals surface area contributed by atoms with Crippen molar-refractivity contribution in [2.45, 2.75) is 6.92 Å². The molecule has 7 heteroatoms. The zero-order valence-corrected chi connectivity index (χ0v) is 11.7. The van der Waals surface area contributed by atoms with Gasteiger partial charge in [0.1, 0.15) is 0 Å². The van der Waals surface area contributed by atoms with Crippen molar-refractivity contribution in [1.82, 2.24) is 20.2 Å². The highest BCUT2D eigenvalue weighted by atomic mass is 79.9. The Balaban J connectivity index is 2.25. The van der Waals surface area contributed by atoms with Gasteiger partial charge >= 0.3 is 5.97 Å². The van der Waals surface area contributed by atoms with Crippen molar-refractivity contribution in [3.8, 4) is 11.4 Å². The van der Waals surface area contributed by atoms with Crippen LogP contribution in [0.3, 0.4) is 0 Å². The van der Waals surface area contributed by atoms with E-state index in [0.717, 1.165) is 10.0 Å². The number of aromatic nitrogens is 4. The van der Waals surface area contributed by atoms with E-state index in [1.165, 1.54) is 17.0 Å². The van der Waals surface area contributed by atoms with Gasteiger partial charge in [-0.05, 0) is 29.5 Å². The van der Waals surface area contributed by atoms with Crippen molar-refractivity contribution >= 4 is 28.1 Å². The van der Waals surface area contributed by atoms with Crippen LogP contribution in [-0.4, -0.2) is 32.8 Å². The molecule has 0 spiro atoms. The Morgan fingerprint density at radius 2 is 2.37 bits per heavy atom. The minimum atomic E-state index is -0.432. The van der Waals surface area contributed by atoms with E-state index in [2.05, 4.69) is 31.5 Å². The Morgan fingerprint density at radius 1 is 1.53 bits per heavy atom. The van der Waals surface area contributed by atoms with Crippen LogP contribution in [0.1, 0.15) is 6.92 Å². The highest BCUT2D eigenvalue weighted by molar-refractivity contribution is 9.10. The maximum absolute atomic E-state index is 11.2. The van der Waals surface area contributed by atoms with Crippen LogP contribution in [0.2, 0.25) is 0 Å². The van der Waals surface area contributed by atoms with Gasteiger partial charge in [0.05, 0.1) is 6.61 Å². The molecule has 0 saturated carbocycles. The smallest absolute Gasteiger partial charge is 0.332 e. The van der Waals surface area contributed by atoms with Crippen LogP contribution in [-0.2, 0) is 9.53 Å². The Bertz CT molecular complexity index is 609. The maximum Gasteiger partial charge on any atom is 0.332 e. The Hall–Kier alpha value is -2.02. The molecule has 0 radical (unpaired) electrons. The first kappa shape index (κ1) is 13.4. The summed E-state index contributed by atoms with van der Waals surface area (Å²) < 4.78 is 7.13. The summed E-state index contributed by atoms with van der Waals surface area (Å²) in [4.78, 5) is 11.2. The lowest BCUT2D eigenvalue weighted by atomic mass is 10.2. The summed E-state index contributed by atoms with van der Waals surface area (Å²) in [5.74, 6) is 0.111. The summed E-state index contributed by atoms with van der Waals surface area (Å²) >= 11 is 3.39. The van der Waals surface area contributed by atoms with Gasteiger partial charge in [-0.1, -0.05) is 28.1 Å². The van der Waals surface area contributed by atoms with Crippen molar-refractivity contribution in [2.75, 3.05) is 6.61 Å². The van der Waals surface area contributed by atoms with Gasteiger partial charge in [0, 0.05) is 22.3 Å². The molecular weight excluding hydrogens is 312 g/mol. The van der Waals surface area contributed by atoms with Crippen LogP contribution in [0.4, 0.5) is 0 Å². The van der Waals surface area contributed by atoms with Crippen LogP contribution in [0.5, 0.6) is 0 Å². The third kappa shape index (κ3) is 3.47. The van der Waals surface area contributed by atoms with Gasteiger partial charge in [0.2, 0.25) is 0 Å². The fourth-order valence-corrected chi connectivity index (χ4v) is 1.83. The standard InChI is InChI=1S/C12H11BrN4O2/c1-2-19-11(18)6-7-17-12(14-15-16-17)9-4-3-5-10(13)8-9/h3-8H,2H2,1H3/b7-6-. The van der Waals surface area contributed by atoms with E-state index in [0.29, 0.717) is 12.4 Å². The first-order valence-corrected chi connectivity index (χ1v) is 6.38. The molecule has 0 aliphatic carbocycles. The van der Waals surface area contributed by atoms with Gasteiger partial charge in [-0.2, -0.15) is 4.68 Å². The number of hydrogen-bond donors (Lipinski definition) is 0. The van der Waals surface area contributed by atoms with Crippen molar-refractivity contribution < 1.29 is 9.53 Å². The number of carbonyl (C=O) groups is 1. The normalized spacial score (nSPS) is 10.8. The number of esters is 1. The predicted molar refractivity (Wildman–Crippen MR) is 72.9 cm³/mol. The first-order valence-electron chi connectivity index (χ1n) is 5.59. The monoisotopic (exact) mass is 322 g/mol. The molecule has 6 nitrogen and oxygen atoms in total. The lowest BCUT2D eigenvalue weighted by Crippen LogP contribution is -2.01. The number of tetrazole rings is 1. The van der Waals surface area contributed by atoms with Crippen molar-refractivity contribution in [2.24, 2.45) is 0 Å². The minimum Gasteiger partial charge on any atom is -0.463 e. The second-order valence-electron chi connectivity index (χ2n) is 3.53. The van der Waals surface area contributed by atoms with E-state index in [4.69, 9.17) is 4.74 Å². The molecule has 0 fully saturated rings. The van der Waals surface area contributed by atoms with Crippen LogP contribution in [0, 0.1) is 0 Å². The summed E-state index contributed by atoms with van der Waals surface area (Å²) in [5, 5.41) is 11.3. The zero-order valence-electron chi connectivity index (χ0n) is 10.2.